The molecular formula is C14H18N2O5. The predicted octanol–water partition coefficient (Wildman–Crippen LogP) is 0.615. The van der Waals surface area contributed by atoms with Crippen LogP contribution in [0.4, 0.5) is 0 Å². The Morgan fingerprint density at radius 1 is 1.19 bits per heavy atom. The number of amides is 1. The number of nitrogens with one attached hydrogen (secondary N) is 1. The van der Waals surface area contributed by atoms with Gasteiger partial charge in [-0.2, -0.15) is 0 Å². The number of hydrogen-bond acceptors (Lipinski definition) is 6. The van der Waals surface area contributed by atoms with E-state index in [1.165, 1.54) is 0 Å². The number of aromatic nitrogens is 1. The average Bonchev–Trinajstić information content (AvgIpc) is 2.45. The first-order valence-electron chi connectivity index (χ1n) is 6.57. The molecular weight excluding hydrogens is 276 g/mol. The molecule has 1 aromatic heterocycles. The number of carbonyl (C=O) groups excluding carboxylic acids is 3. The second kappa shape index (κ2) is 7.98. The third kappa shape index (κ3) is 4.55. The number of nitrogens with zero attached hydrogens (tertiary/aromatic N) is 1. The molecule has 1 aromatic rings. The largest absolute Gasteiger partial charge is 0.464 e. The Balaban J connectivity index is 2.90. The summed E-state index contributed by atoms with van der Waals surface area (Å²) in [4.78, 5) is 39.6. The first-order chi connectivity index (χ1) is 10.0. The zero-order valence-corrected chi connectivity index (χ0v) is 12.2. The Hall–Kier alpha value is -2.44. The SMILES string of the molecule is CCOC(=O)C(NC(=O)c1cccnc1C)C(=O)OCC. The molecule has 0 saturated heterocycles. The van der Waals surface area contributed by atoms with Crippen LogP contribution in [0.15, 0.2) is 18.3 Å². The minimum Gasteiger partial charge on any atom is -0.464 e. The summed E-state index contributed by atoms with van der Waals surface area (Å²) in [6.07, 6.45) is 1.54. The van der Waals surface area contributed by atoms with Gasteiger partial charge in [0.2, 0.25) is 6.04 Å². The van der Waals surface area contributed by atoms with Crippen molar-refractivity contribution in [3.8, 4) is 0 Å². The molecule has 1 N–H and O–H groups in total. The Kier molecular flexibility index (Phi) is 6.32. The van der Waals surface area contributed by atoms with Crippen molar-refractivity contribution in [3.63, 3.8) is 0 Å². The van der Waals surface area contributed by atoms with E-state index in [0.717, 1.165) is 0 Å². The minimum atomic E-state index is -1.49. The van der Waals surface area contributed by atoms with Gasteiger partial charge in [-0.3, -0.25) is 9.78 Å². The quantitative estimate of drug-likeness (QED) is 0.610. The maximum atomic E-state index is 12.1. The number of ether oxygens (including phenoxy) is 2. The van der Waals surface area contributed by atoms with Gasteiger partial charge in [0.25, 0.3) is 5.91 Å². The van der Waals surface area contributed by atoms with Crippen LogP contribution in [0, 0.1) is 6.92 Å². The van der Waals surface area contributed by atoms with Gasteiger partial charge in [0, 0.05) is 11.9 Å². The fraction of sp³-hybridized carbons (Fsp3) is 0.429. The van der Waals surface area contributed by atoms with Crippen LogP contribution in [0.3, 0.4) is 0 Å². The Morgan fingerprint density at radius 3 is 2.24 bits per heavy atom. The summed E-state index contributed by atoms with van der Waals surface area (Å²) in [5.41, 5.74) is 0.762. The van der Waals surface area contributed by atoms with Crippen LogP contribution in [-0.4, -0.2) is 42.1 Å². The van der Waals surface area contributed by atoms with Gasteiger partial charge in [0.05, 0.1) is 18.8 Å². The zero-order valence-electron chi connectivity index (χ0n) is 12.2. The van der Waals surface area contributed by atoms with Crippen LogP contribution < -0.4 is 5.32 Å². The molecule has 0 atom stereocenters. The predicted molar refractivity (Wildman–Crippen MR) is 73.5 cm³/mol. The number of pyridine rings is 1. The molecule has 114 valence electrons. The minimum absolute atomic E-state index is 0.0938. The first kappa shape index (κ1) is 16.6. The van der Waals surface area contributed by atoms with Crippen LogP contribution in [0.5, 0.6) is 0 Å². The van der Waals surface area contributed by atoms with Gasteiger partial charge in [-0.15, -0.1) is 0 Å². The van der Waals surface area contributed by atoms with Crippen LogP contribution in [-0.2, 0) is 19.1 Å². The average molecular weight is 294 g/mol. The second-order valence-electron chi connectivity index (χ2n) is 4.05. The summed E-state index contributed by atoms with van der Waals surface area (Å²) in [7, 11) is 0. The van der Waals surface area contributed by atoms with Crippen LogP contribution in [0.25, 0.3) is 0 Å². The number of esters is 2. The molecule has 7 heteroatoms. The summed E-state index contributed by atoms with van der Waals surface area (Å²) in [6.45, 7) is 5.05. The normalized spacial score (nSPS) is 10.1. The molecule has 0 aromatic carbocycles. The van der Waals surface area contributed by atoms with Crippen LogP contribution in [0.1, 0.15) is 29.9 Å². The number of rotatable bonds is 6. The van der Waals surface area contributed by atoms with Gasteiger partial charge < -0.3 is 14.8 Å². The van der Waals surface area contributed by atoms with Gasteiger partial charge in [0.1, 0.15) is 0 Å². The fourth-order valence-corrected chi connectivity index (χ4v) is 1.60. The highest BCUT2D eigenvalue weighted by molar-refractivity contribution is 6.05. The Labute approximate surface area is 122 Å². The maximum Gasteiger partial charge on any atom is 0.340 e. The summed E-state index contributed by atoms with van der Waals surface area (Å²) in [5, 5.41) is 2.32. The lowest BCUT2D eigenvalue weighted by molar-refractivity contribution is -0.157. The van der Waals surface area contributed by atoms with Gasteiger partial charge in [0.15, 0.2) is 0 Å². The van der Waals surface area contributed by atoms with Crippen molar-refractivity contribution >= 4 is 17.8 Å². The second-order valence-corrected chi connectivity index (χ2v) is 4.05. The van der Waals surface area contributed by atoms with E-state index < -0.39 is 23.9 Å². The molecule has 21 heavy (non-hydrogen) atoms. The van der Waals surface area contributed by atoms with E-state index >= 15 is 0 Å². The van der Waals surface area contributed by atoms with E-state index in [-0.39, 0.29) is 18.8 Å². The van der Waals surface area contributed by atoms with Crippen molar-refractivity contribution in [2.75, 3.05) is 13.2 Å². The molecule has 0 spiro atoms. The molecule has 0 saturated carbocycles. The van der Waals surface area contributed by atoms with Crippen molar-refractivity contribution in [3.05, 3.63) is 29.6 Å². The molecule has 0 aliphatic rings. The molecule has 7 nitrogen and oxygen atoms in total. The lowest BCUT2D eigenvalue weighted by Crippen LogP contribution is -2.48. The van der Waals surface area contributed by atoms with E-state index in [4.69, 9.17) is 9.47 Å². The Bertz CT molecular complexity index is 512. The molecule has 1 rings (SSSR count). The zero-order chi connectivity index (χ0) is 15.8. The molecule has 1 heterocycles. The van der Waals surface area contributed by atoms with E-state index in [0.29, 0.717) is 5.69 Å². The molecule has 0 unspecified atom stereocenters. The molecule has 0 radical (unpaired) electrons. The topological polar surface area (TPSA) is 94.6 Å². The highest BCUT2D eigenvalue weighted by Gasteiger charge is 2.31. The monoisotopic (exact) mass is 294 g/mol. The van der Waals surface area contributed by atoms with Crippen LogP contribution >= 0.6 is 0 Å². The molecule has 1 amide bonds. The lowest BCUT2D eigenvalue weighted by Gasteiger charge is -2.16. The highest BCUT2D eigenvalue weighted by atomic mass is 16.6. The summed E-state index contributed by atoms with van der Waals surface area (Å²) in [5.74, 6) is -2.30. The van der Waals surface area contributed by atoms with E-state index in [1.54, 1.807) is 39.1 Å². The third-order valence-electron chi connectivity index (χ3n) is 2.57. The van der Waals surface area contributed by atoms with Gasteiger partial charge in [-0.25, -0.2) is 9.59 Å². The number of carbonyl (C=O) groups is 3. The van der Waals surface area contributed by atoms with Crippen molar-refractivity contribution < 1.29 is 23.9 Å². The van der Waals surface area contributed by atoms with Crippen molar-refractivity contribution in [1.29, 1.82) is 0 Å². The van der Waals surface area contributed by atoms with Gasteiger partial charge in [-0.05, 0) is 32.9 Å². The van der Waals surface area contributed by atoms with Crippen molar-refractivity contribution in [2.24, 2.45) is 0 Å². The molecule has 0 aliphatic carbocycles. The lowest BCUT2D eigenvalue weighted by atomic mass is 10.1. The number of aryl methyl sites for hydroxylation is 1. The van der Waals surface area contributed by atoms with E-state index in [9.17, 15) is 14.4 Å². The first-order valence-corrected chi connectivity index (χ1v) is 6.57. The highest BCUT2D eigenvalue weighted by Crippen LogP contribution is 2.05. The standard InChI is InChI=1S/C14H18N2O5/c1-4-20-13(18)11(14(19)21-5-2)16-12(17)10-7-6-8-15-9(10)3/h6-8,11H,4-5H2,1-3H3,(H,16,17). The van der Waals surface area contributed by atoms with E-state index in [2.05, 4.69) is 10.3 Å². The maximum absolute atomic E-state index is 12.1. The molecule has 0 bridgehead atoms. The van der Waals surface area contributed by atoms with Crippen molar-refractivity contribution in [1.82, 2.24) is 10.3 Å². The molecule has 0 fully saturated rings. The van der Waals surface area contributed by atoms with E-state index in [1.807, 2.05) is 0 Å². The Morgan fingerprint density at radius 2 is 1.76 bits per heavy atom. The van der Waals surface area contributed by atoms with Gasteiger partial charge in [-0.1, -0.05) is 0 Å². The van der Waals surface area contributed by atoms with Gasteiger partial charge >= 0.3 is 11.9 Å². The number of hydrogen-bond donors (Lipinski definition) is 1. The van der Waals surface area contributed by atoms with Crippen LogP contribution in [0.2, 0.25) is 0 Å². The fourth-order valence-electron chi connectivity index (χ4n) is 1.60. The summed E-state index contributed by atoms with van der Waals surface area (Å²) >= 11 is 0. The van der Waals surface area contributed by atoms with Crippen molar-refractivity contribution in [2.45, 2.75) is 26.8 Å². The third-order valence-corrected chi connectivity index (χ3v) is 2.57. The molecule has 0 aliphatic heterocycles. The summed E-state index contributed by atoms with van der Waals surface area (Å²) in [6, 6.07) is 1.65. The summed E-state index contributed by atoms with van der Waals surface area (Å²) < 4.78 is 9.54. The smallest absolute Gasteiger partial charge is 0.340 e.